The van der Waals surface area contributed by atoms with E-state index in [1.165, 1.54) is 6.42 Å². The zero-order valence-corrected chi connectivity index (χ0v) is 11.7. The van der Waals surface area contributed by atoms with E-state index in [2.05, 4.69) is 5.32 Å². The molecule has 0 saturated heterocycles. The summed E-state index contributed by atoms with van der Waals surface area (Å²) in [6.45, 7) is 2.42. The van der Waals surface area contributed by atoms with Gasteiger partial charge in [0, 0.05) is 6.04 Å². The number of aliphatic carboxylic acids is 1. The molecule has 19 heavy (non-hydrogen) atoms. The van der Waals surface area contributed by atoms with Crippen LogP contribution in [-0.2, 0) is 9.53 Å². The van der Waals surface area contributed by atoms with E-state index in [1.54, 1.807) is 0 Å². The first kappa shape index (κ1) is 15.8. The lowest BCUT2D eigenvalue weighted by Gasteiger charge is -2.29. The first-order valence-electron chi connectivity index (χ1n) is 7.28. The van der Waals surface area contributed by atoms with Crippen LogP contribution in [0.2, 0.25) is 0 Å². The van der Waals surface area contributed by atoms with Gasteiger partial charge in [0.05, 0.1) is 13.0 Å². The average molecular weight is 271 g/mol. The predicted octanol–water partition coefficient (Wildman–Crippen LogP) is 2.94. The number of carboxylic acids is 1. The summed E-state index contributed by atoms with van der Waals surface area (Å²) >= 11 is 0. The Bertz CT molecular complexity index is 287. The van der Waals surface area contributed by atoms with E-state index < -0.39 is 12.1 Å². The number of alkyl carbamates (subject to hydrolysis) is 1. The fourth-order valence-corrected chi connectivity index (χ4v) is 2.56. The molecular weight excluding hydrogens is 246 g/mol. The van der Waals surface area contributed by atoms with Crippen molar-refractivity contribution < 1.29 is 19.4 Å². The SMILES string of the molecule is CCCCOC(=O)NC(CC(=O)O)C1CCCCC1. The molecule has 1 aliphatic rings. The molecule has 110 valence electrons. The average Bonchev–Trinajstić information content (AvgIpc) is 2.39. The van der Waals surface area contributed by atoms with Crippen LogP contribution in [0.25, 0.3) is 0 Å². The maximum Gasteiger partial charge on any atom is 0.407 e. The lowest BCUT2D eigenvalue weighted by atomic mass is 9.83. The molecule has 0 aromatic carbocycles. The van der Waals surface area contributed by atoms with Gasteiger partial charge in [-0.1, -0.05) is 32.6 Å². The Morgan fingerprint density at radius 3 is 2.58 bits per heavy atom. The molecular formula is C14H25NO4. The molecule has 0 spiro atoms. The van der Waals surface area contributed by atoms with E-state index >= 15 is 0 Å². The van der Waals surface area contributed by atoms with Gasteiger partial charge in [0.1, 0.15) is 0 Å². The van der Waals surface area contributed by atoms with Gasteiger partial charge in [-0.05, 0) is 25.2 Å². The third kappa shape index (κ3) is 6.45. The van der Waals surface area contributed by atoms with Gasteiger partial charge in [-0.25, -0.2) is 4.79 Å². The highest BCUT2D eigenvalue weighted by atomic mass is 16.5. The summed E-state index contributed by atoms with van der Waals surface area (Å²) in [7, 11) is 0. The minimum atomic E-state index is -0.871. The molecule has 0 aromatic rings. The molecule has 0 heterocycles. The van der Waals surface area contributed by atoms with Crippen LogP contribution in [0.4, 0.5) is 4.79 Å². The van der Waals surface area contributed by atoms with E-state index in [9.17, 15) is 9.59 Å². The highest BCUT2D eigenvalue weighted by molar-refractivity contribution is 5.71. The Morgan fingerprint density at radius 1 is 1.32 bits per heavy atom. The molecule has 1 aliphatic carbocycles. The van der Waals surface area contributed by atoms with Crippen molar-refractivity contribution in [2.45, 2.75) is 64.3 Å². The van der Waals surface area contributed by atoms with E-state index in [4.69, 9.17) is 9.84 Å². The van der Waals surface area contributed by atoms with Crippen LogP contribution in [0.15, 0.2) is 0 Å². The summed E-state index contributed by atoms with van der Waals surface area (Å²) < 4.78 is 5.04. The van der Waals surface area contributed by atoms with Crippen molar-refractivity contribution in [2.75, 3.05) is 6.61 Å². The molecule has 0 bridgehead atoms. The smallest absolute Gasteiger partial charge is 0.407 e. The number of carboxylic acid groups (broad SMARTS) is 1. The summed E-state index contributed by atoms with van der Waals surface area (Å²) in [5.74, 6) is -0.604. The lowest BCUT2D eigenvalue weighted by molar-refractivity contribution is -0.137. The van der Waals surface area contributed by atoms with Crippen LogP contribution in [0.3, 0.4) is 0 Å². The van der Waals surface area contributed by atoms with Gasteiger partial charge >= 0.3 is 12.1 Å². The Hall–Kier alpha value is -1.26. The summed E-state index contributed by atoms with van der Waals surface area (Å²) in [6, 6.07) is -0.299. The second kappa shape index (κ2) is 8.77. The number of ether oxygens (including phenoxy) is 1. The van der Waals surface area contributed by atoms with Crippen molar-refractivity contribution in [3.05, 3.63) is 0 Å². The van der Waals surface area contributed by atoms with Gasteiger partial charge < -0.3 is 15.2 Å². The molecule has 1 saturated carbocycles. The molecule has 0 radical (unpaired) electrons. The van der Waals surface area contributed by atoms with E-state index in [0.29, 0.717) is 6.61 Å². The predicted molar refractivity (Wildman–Crippen MR) is 72.0 cm³/mol. The Kier molecular flexibility index (Phi) is 7.30. The second-order valence-corrected chi connectivity index (χ2v) is 5.24. The largest absolute Gasteiger partial charge is 0.481 e. The van der Waals surface area contributed by atoms with Crippen molar-refractivity contribution in [3.63, 3.8) is 0 Å². The van der Waals surface area contributed by atoms with Crippen LogP contribution in [0.5, 0.6) is 0 Å². The van der Waals surface area contributed by atoms with Crippen LogP contribution < -0.4 is 5.32 Å². The number of amides is 1. The monoisotopic (exact) mass is 271 g/mol. The van der Waals surface area contributed by atoms with Crippen LogP contribution in [0.1, 0.15) is 58.3 Å². The van der Waals surface area contributed by atoms with E-state index in [-0.39, 0.29) is 18.4 Å². The highest BCUT2D eigenvalue weighted by Gasteiger charge is 2.27. The van der Waals surface area contributed by atoms with Crippen molar-refractivity contribution in [2.24, 2.45) is 5.92 Å². The topological polar surface area (TPSA) is 75.6 Å². The maximum atomic E-state index is 11.6. The van der Waals surface area contributed by atoms with Crippen molar-refractivity contribution in [1.29, 1.82) is 0 Å². The minimum absolute atomic E-state index is 0.0203. The Morgan fingerprint density at radius 2 is 2.00 bits per heavy atom. The number of unbranched alkanes of at least 4 members (excludes halogenated alkanes) is 1. The van der Waals surface area contributed by atoms with Crippen LogP contribution in [0, 0.1) is 5.92 Å². The summed E-state index contributed by atoms with van der Waals surface area (Å²) in [6.07, 6.45) is 6.73. The summed E-state index contributed by atoms with van der Waals surface area (Å²) in [5, 5.41) is 11.7. The number of nitrogens with one attached hydrogen (secondary N) is 1. The van der Waals surface area contributed by atoms with Gasteiger partial charge in [-0.3, -0.25) is 4.79 Å². The first-order valence-corrected chi connectivity index (χ1v) is 7.28. The standard InChI is InChI=1S/C14H25NO4/c1-2-3-9-19-14(18)15-12(10-13(16)17)11-7-5-4-6-8-11/h11-12H,2-10H2,1H3,(H,15,18)(H,16,17). The van der Waals surface area contributed by atoms with Gasteiger partial charge in [-0.2, -0.15) is 0 Å². The molecule has 5 heteroatoms. The van der Waals surface area contributed by atoms with Gasteiger partial charge in [0.15, 0.2) is 0 Å². The van der Waals surface area contributed by atoms with Gasteiger partial charge in [-0.15, -0.1) is 0 Å². The zero-order valence-electron chi connectivity index (χ0n) is 11.7. The van der Waals surface area contributed by atoms with Crippen LogP contribution in [-0.4, -0.2) is 29.8 Å². The zero-order chi connectivity index (χ0) is 14.1. The summed E-state index contributed by atoms with van der Waals surface area (Å²) in [4.78, 5) is 22.5. The molecule has 0 aromatic heterocycles. The Balaban J connectivity index is 2.43. The first-order chi connectivity index (χ1) is 9.13. The number of hydrogen-bond donors (Lipinski definition) is 2. The molecule has 0 aliphatic heterocycles. The maximum absolute atomic E-state index is 11.6. The third-order valence-corrected chi connectivity index (χ3v) is 3.65. The highest BCUT2D eigenvalue weighted by Crippen LogP contribution is 2.27. The summed E-state index contributed by atoms with van der Waals surface area (Å²) in [5.41, 5.74) is 0. The Labute approximate surface area is 114 Å². The van der Waals surface area contributed by atoms with Crippen molar-refractivity contribution in [3.8, 4) is 0 Å². The molecule has 1 amide bonds. The molecule has 1 atom stereocenters. The number of carbonyl (C=O) groups is 2. The van der Waals surface area contributed by atoms with Gasteiger partial charge in [0.25, 0.3) is 0 Å². The normalized spacial score (nSPS) is 17.7. The number of hydrogen-bond acceptors (Lipinski definition) is 3. The van der Waals surface area contributed by atoms with E-state index in [1.807, 2.05) is 6.92 Å². The second-order valence-electron chi connectivity index (χ2n) is 5.24. The van der Waals surface area contributed by atoms with Crippen LogP contribution >= 0.6 is 0 Å². The molecule has 5 nitrogen and oxygen atoms in total. The van der Waals surface area contributed by atoms with Gasteiger partial charge in [0.2, 0.25) is 0 Å². The minimum Gasteiger partial charge on any atom is -0.481 e. The molecule has 1 rings (SSSR count). The number of carbonyl (C=O) groups excluding carboxylic acids is 1. The van der Waals surface area contributed by atoms with Crippen molar-refractivity contribution >= 4 is 12.1 Å². The molecule has 1 fully saturated rings. The quantitative estimate of drug-likeness (QED) is 0.698. The third-order valence-electron chi connectivity index (χ3n) is 3.65. The fraction of sp³-hybridized carbons (Fsp3) is 0.857. The lowest BCUT2D eigenvalue weighted by Crippen LogP contribution is -2.42. The van der Waals surface area contributed by atoms with E-state index in [0.717, 1.165) is 38.5 Å². The molecule has 2 N–H and O–H groups in total. The number of rotatable bonds is 7. The molecule has 1 unspecified atom stereocenters. The van der Waals surface area contributed by atoms with Crippen molar-refractivity contribution in [1.82, 2.24) is 5.32 Å². The fourth-order valence-electron chi connectivity index (χ4n) is 2.56.